The van der Waals surface area contributed by atoms with Crippen molar-refractivity contribution in [1.82, 2.24) is 50.7 Å². The Balaban J connectivity index is 0.0000000914. The highest BCUT2D eigenvalue weighted by Crippen LogP contribution is 2.63. The number of aliphatic hydroxyl groups excluding tert-OH is 1. The molecule has 28 heteroatoms. The van der Waals surface area contributed by atoms with Crippen LogP contribution in [0.2, 0.25) is 0 Å². The van der Waals surface area contributed by atoms with E-state index < -0.39 is 20.7 Å². The fraction of sp³-hybridized carbons (Fsp3) is 0.695. The number of hydrogen-bond donors (Lipinski definition) is 5. The Morgan fingerprint density at radius 2 is 0.671 bits per heavy atom. The summed E-state index contributed by atoms with van der Waals surface area (Å²) in [4.78, 5) is 89.6. The Bertz CT molecular complexity index is 5760. The van der Waals surface area contributed by atoms with Crippen LogP contribution in [-0.2, 0) is 73.6 Å². The first kappa shape index (κ1) is 99.2. The molecule has 12 bridgehead atoms. The number of rotatable bonds is 14. The van der Waals surface area contributed by atoms with Crippen LogP contribution in [0.25, 0.3) is 0 Å². The Morgan fingerprint density at radius 1 is 0.356 bits per heavy atom. The van der Waals surface area contributed by atoms with E-state index in [1.54, 1.807) is 55.7 Å². The van der Waals surface area contributed by atoms with E-state index in [1.165, 1.54) is 224 Å². The van der Waals surface area contributed by atoms with Crippen molar-refractivity contribution in [2.24, 2.45) is 0 Å². The summed E-state index contributed by atoms with van der Waals surface area (Å²) in [5.74, 6) is 0.00736. The fourth-order valence-electron chi connectivity index (χ4n) is 34.7. The van der Waals surface area contributed by atoms with Crippen molar-refractivity contribution < 1.29 is 75.4 Å². The minimum Gasteiger partial charge on any atom is -0.497 e. The first-order valence-electron chi connectivity index (χ1n) is 57.6. The van der Waals surface area contributed by atoms with Crippen LogP contribution in [0.15, 0.2) is 159 Å². The first-order chi connectivity index (χ1) is 71.0. The molecule has 12 saturated heterocycles. The van der Waals surface area contributed by atoms with Gasteiger partial charge in [-0.05, 0) is 276 Å². The van der Waals surface area contributed by atoms with Crippen LogP contribution in [0.1, 0.15) is 300 Å². The lowest BCUT2D eigenvalue weighted by molar-refractivity contribution is -0.149. The molecule has 30 rings (SSSR count). The highest BCUT2D eigenvalue weighted by atomic mass is 32.2. The van der Waals surface area contributed by atoms with Gasteiger partial charge in [0, 0.05) is 170 Å². The molecule has 146 heavy (non-hydrogen) atoms. The van der Waals surface area contributed by atoms with E-state index in [1.807, 2.05) is 42.1 Å². The van der Waals surface area contributed by atoms with Crippen molar-refractivity contribution in [3.8, 4) is 5.75 Å². The molecule has 4 unspecified atom stereocenters. The van der Waals surface area contributed by atoms with Gasteiger partial charge >= 0.3 is 35.8 Å². The number of piperidine rings is 6. The molecule has 0 aromatic heterocycles. The Labute approximate surface area is 867 Å². The molecule has 3 aromatic carbocycles. The first-order valence-corrected chi connectivity index (χ1v) is 60.0. The van der Waals surface area contributed by atoms with E-state index in [0.717, 1.165) is 153 Å². The predicted molar refractivity (Wildman–Crippen MR) is 555 cm³/mol. The number of aliphatic hydroxyl groups is 1. The summed E-state index contributed by atoms with van der Waals surface area (Å²) in [7, 11) is -1.77. The molecule has 6 spiro atoms. The van der Waals surface area contributed by atoms with Gasteiger partial charge in [0.2, 0.25) is 0 Å². The largest absolute Gasteiger partial charge is 0.497 e. The number of aryl methyl sites for hydroxylation is 1. The molecule has 0 radical (unpaired) electrons. The maximum Gasteiger partial charge on any atom is 0.331 e. The number of methoxy groups -OCH3 is 1. The third kappa shape index (κ3) is 17.7. The molecule has 27 aliphatic rings. The topological polar surface area (TPSA) is 289 Å². The summed E-state index contributed by atoms with van der Waals surface area (Å²) < 4.78 is 67.4. The number of carbonyl (C=O) groups is 6. The highest BCUT2D eigenvalue weighted by Gasteiger charge is 2.72. The third-order valence-electron chi connectivity index (χ3n) is 41.1. The van der Waals surface area contributed by atoms with Crippen LogP contribution in [0.4, 0.5) is 0 Å². The van der Waals surface area contributed by atoms with Crippen molar-refractivity contribution >= 4 is 57.4 Å². The molecule has 9 aliphatic carbocycles. The number of sulfone groups is 1. The van der Waals surface area contributed by atoms with E-state index >= 15 is 0 Å². The smallest absolute Gasteiger partial charge is 0.331 e. The Kier molecular flexibility index (Phi) is 27.3. The van der Waals surface area contributed by atoms with Gasteiger partial charge in [-0.2, -0.15) is 0 Å². The van der Waals surface area contributed by atoms with Crippen molar-refractivity contribution in [2.45, 2.75) is 477 Å². The summed E-state index contributed by atoms with van der Waals surface area (Å²) in [6, 6.07) is 34.0. The Morgan fingerprint density at radius 3 is 1.05 bits per heavy atom. The maximum atomic E-state index is 13.3. The number of ether oxygens (including phenoxy) is 7. The number of benzene rings is 3. The number of hydrogen-bond acceptors (Lipinski definition) is 27. The maximum absolute atomic E-state index is 13.3. The van der Waals surface area contributed by atoms with Gasteiger partial charge in [-0.15, -0.1) is 11.8 Å². The fourth-order valence-corrected chi connectivity index (χ4v) is 37.9. The number of nitrogens with one attached hydrogen (secondary N) is 4. The minimum absolute atomic E-state index is 0.0708. The molecule has 786 valence electrons. The zero-order valence-corrected chi connectivity index (χ0v) is 87.6. The standard InChI is InChI=1S/C21H26N2O3.C21H32N2O2.C20H30N2O2.C20H23NO2S.C19H21NO4S.C17H24N2O3/c1-25-16-7-5-14(6-8-16)13-22-17-10-15-11-20(24)26-21(15)12-18(17)23-9-3-2-4-19(21)23;24-20-13-15-12-17(22-16-8-4-2-1-3-5-9-16)18-14-21(15,25-20)19-10-6-7-11-23(18)19;23-19-12-14-11-16(21-15-7-3-1-2-4-8-15)17-13-20(14,24-19)18-9-5-6-10-22(17)18;1-13-5-7-15(8-6-13)24-17-10-14-11-19(22)23-20(14)12-16(17)21-9-3-2-4-18(20)21;21-18-11-13-10-16(25(22,23)14-6-2-1-3-7-14)15-12-19(13,24-18)17-8-4-5-9-20(15)17;20-12-7-11(8-12)18-13-5-10-6-16(21)22-17(10)9-14(13)19-4-2-1-3-15(17)19/h5-8,11,17-19,22H,2-4,9-10,12-13H2,1H3;13,16-19,22H,1-12,14H2;12,15-18,21H,1-11,13H2;5-8,11,16-18H,2-4,9-10,12H2,1H3;1-3,6-7,11,15-17H,4-5,8-10,12H2;6,11-15,18,20H,1-5,7-9H2/t17-,18-,19+,21-;17?,18-,19+,21-;16?,17-,18+,20-;16-,17?,18+,20-;15-,16-,17+,19-;11?,12?,13?,14-,15+,17-/m000000/s1. The van der Waals surface area contributed by atoms with Gasteiger partial charge in [-0.25, -0.2) is 37.2 Å². The molecule has 5 N–H and O–H groups in total. The van der Waals surface area contributed by atoms with Gasteiger partial charge in [0.15, 0.2) is 43.4 Å². The zero-order chi connectivity index (χ0) is 99.2. The average molecular weight is 2030 g/mol. The monoisotopic (exact) mass is 2030 g/mol. The Hall–Kier alpha value is -7.42. The molecular formula is C118H156N10O16S2. The van der Waals surface area contributed by atoms with Gasteiger partial charge in [-0.3, -0.25) is 29.4 Å². The summed E-state index contributed by atoms with van der Waals surface area (Å²) in [6.45, 7) is 9.64. The molecule has 18 heterocycles. The summed E-state index contributed by atoms with van der Waals surface area (Å²) in [5, 5.41) is 25.2. The van der Waals surface area contributed by atoms with Crippen LogP contribution in [0.3, 0.4) is 0 Å². The van der Waals surface area contributed by atoms with E-state index in [9.17, 15) is 42.3 Å². The number of carbonyl (C=O) groups excluding carboxylic acids is 6. The zero-order valence-electron chi connectivity index (χ0n) is 86.0. The van der Waals surface area contributed by atoms with Crippen molar-refractivity contribution in [2.75, 3.05) is 46.4 Å². The van der Waals surface area contributed by atoms with E-state index in [2.05, 4.69) is 94.0 Å². The second-order valence-corrected chi connectivity index (χ2v) is 52.3. The molecule has 0 amide bonds. The summed E-state index contributed by atoms with van der Waals surface area (Å²) in [6.07, 6.45) is 62.5. The normalized spacial score (nSPS) is 40.7. The molecular weight excluding hydrogens is 1880 g/mol. The third-order valence-corrected chi connectivity index (χ3v) is 44.6. The van der Waals surface area contributed by atoms with Crippen LogP contribution in [0, 0.1) is 6.92 Å². The van der Waals surface area contributed by atoms with Gasteiger partial charge in [-0.1, -0.05) is 144 Å². The van der Waals surface area contributed by atoms with Gasteiger partial charge in [0.25, 0.3) is 0 Å². The molecule has 18 aliphatic heterocycles. The predicted octanol–water partition coefficient (Wildman–Crippen LogP) is 15.1. The van der Waals surface area contributed by atoms with E-state index in [4.69, 9.17) is 33.2 Å². The molecule has 24 atom stereocenters. The van der Waals surface area contributed by atoms with E-state index in [-0.39, 0.29) is 82.0 Å². The number of esters is 6. The van der Waals surface area contributed by atoms with Gasteiger partial charge in [0.05, 0.1) is 59.6 Å². The van der Waals surface area contributed by atoms with Crippen LogP contribution in [-0.4, -0.2) is 290 Å². The summed E-state index contributed by atoms with van der Waals surface area (Å²) >= 11 is 1.99. The SMILES string of the molecule is COc1ccc(CN[C@H]2CC3=CC(=O)O[C@@]34C[C@@H]2N2CCCC[C@@H]24)cc1.Cc1ccc(SC2CC3=CC(=O)O[C@@]34C[C@@H]2N2CCCC[C@@H]24)cc1.O=C1C=C2CC(NC3CC(O)C3)[C@@H]3C[C@@]2(O1)[C@H]1CCCCN31.O=C1C=C2CC(NC3CCCCCC3)[C@@H]3C[C@@]2(O1)[C@H]1CCCCN31.O=C1C=C2CC(NC3CCCCCCC3)[C@@H]3C[C@@]2(O1)[C@H]1CCCCN31.O=C1C=C2C[C@H](S(=O)(=O)c3ccccc3)[C@@H]3C[C@@]2(O1)[C@H]1CCCCN31. The van der Waals surface area contributed by atoms with Crippen LogP contribution in [0.5, 0.6) is 5.75 Å². The minimum atomic E-state index is -3.46. The lowest BCUT2D eigenvalue weighted by Crippen LogP contribution is -2.56. The number of fused-ring (bicyclic) bond motifs is 18. The quantitative estimate of drug-likeness (QED) is 0.0569. The van der Waals surface area contributed by atoms with Crippen LogP contribution < -0.4 is 26.0 Å². The van der Waals surface area contributed by atoms with Crippen molar-refractivity contribution in [3.63, 3.8) is 0 Å². The van der Waals surface area contributed by atoms with Crippen LogP contribution >= 0.6 is 11.8 Å². The molecule has 26 nitrogen and oxygen atoms in total. The number of nitrogens with zero attached hydrogens (tertiary/aromatic N) is 6. The van der Waals surface area contributed by atoms with Gasteiger partial charge in [0.1, 0.15) is 5.75 Å². The average Bonchev–Trinajstić information content (AvgIpc) is 1.54. The van der Waals surface area contributed by atoms with Gasteiger partial charge < -0.3 is 59.5 Å². The second-order valence-electron chi connectivity index (χ2n) is 48.8. The number of thioether (sulfide) groups is 1. The van der Waals surface area contributed by atoms with E-state index in [0.29, 0.717) is 126 Å². The molecule has 3 aromatic rings. The summed E-state index contributed by atoms with van der Waals surface area (Å²) in [5.41, 5.74) is 7.76. The molecule has 21 fully saturated rings. The van der Waals surface area contributed by atoms with Crippen molar-refractivity contribution in [1.29, 1.82) is 0 Å². The molecule has 9 saturated carbocycles. The lowest BCUT2D eigenvalue weighted by atomic mass is 9.75. The second kappa shape index (κ2) is 40.2. The van der Waals surface area contributed by atoms with Crippen molar-refractivity contribution in [3.05, 3.63) is 160 Å². The highest BCUT2D eigenvalue weighted by molar-refractivity contribution is 8.00. The lowest BCUT2D eigenvalue weighted by Gasteiger charge is -2.41.